The van der Waals surface area contributed by atoms with Gasteiger partial charge in [-0.2, -0.15) is 10.5 Å². The van der Waals surface area contributed by atoms with E-state index in [2.05, 4.69) is 124 Å². The highest BCUT2D eigenvalue weighted by Gasteiger charge is 2.22. The molecule has 0 amide bonds. The third-order valence-corrected chi connectivity index (χ3v) is 10.2. The zero-order valence-corrected chi connectivity index (χ0v) is 28.8. The van der Waals surface area contributed by atoms with Crippen molar-refractivity contribution in [3.05, 3.63) is 181 Å². The van der Waals surface area contributed by atoms with Gasteiger partial charge in [0.05, 0.1) is 56.7 Å². The second-order valence-corrected chi connectivity index (χ2v) is 13.2. The topological polar surface area (TPSA) is 83.2 Å². The molecule has 0 bridgehead atoms. The van der Waals surface area contributed by atoms with Gasteiger partial charge in [-0.15, -0.1) is 0 Å². The van der Waals surface area contributed by atoms with Gasteiger partial charge < -0.3 is 4.57 Å². The van der Waals surface area contributed by atoms with E-state index in [1.54, 1.807) is 18.2 Å². The van der Waals surface area contributed by atoms with Gasteiger partial charge in [0, 0.05) is 43.9 Å². The molecule has 6 nitrogen and oxygen atoms in total. The van der Waals surface area contributed by atoms with Crippen LogP contribution in [0.2, 0.25) is 0 Å². The van der Waals surface area contributed by atoms with Crippen LogP contribution in [0.4, 0.5) is 0 Å². The summed E-state index contributed by atoms with van der Waals surface area (Å²) >= 11 is 0. The van der Waals surface area contributed by atoms with Crippen LogP contribution in [-0.4, -0.2) is 19.1 Å². The summed E-state index contributed by atoms with van der Waals surface area (Å²) in [4.78, 5) is 10.5. The van der Waals surface area contributed by atoms with Crippen LogP contribution in [0.15, 0.2) is 170 Å². The Balaban J connectivity index is 1.27. The fourth-order valence-corrected chi connectivity index (χ4v) is 7.91. The van der Waals surface area contributed by atoms with Gasteiger partial charge in [-0.05, 0) is 60.2 Å². The van der Waals surface area contributed by atoms with Gasteiger partial charge in [0.15, 0.2) is 0 Å². The van der Waals surface area contributed by atoms with Crippen molar-refractivity contribution < 1.29 is 0 Å². The number of hydrogen-bond acceptors (Lipinski definition) is 4. The van der Waals surface area contributed by atoms with Gasteiger partial charge in [-0.25, -0.2) is 9.97 Å². The first-order valence-electron chi connectivity index (χ1n) is 17.7. The molecule has 0 aliphatic rings. The van der Waals surface area contributed by atoms with Crippen molar-refractivity contribution in [2.45, 2.75) is 0 Å². The smallest absolute Gasteiger partial charge is 0.235 e. The van der Waals surface area contributed by atoms with Crippen molar-refractivity contribution in [2.75, 3.05) is 0 Å². The molecule has 250 valence electrons. The monoisotopic (exact) mass is 688 g/mol. The van der Waals surface area contributed by atoms with Gasteiger partial charge in [-0.1, -0.05) is 115 Å². The molecule has 0 N–H and O–H groups in total. The van der Waals surface area contributed by atoms with Crippen LogP contribution in [-0.2, 0) is 0 Å². The lowest BCUT2D eigenvalue weighted by molar-refractivity contribution is 0.996. The number of hydrogen-bond donors (Lipinski definition) is 0. The molecule has 0 atom stereocenters. The molecule has 0 radical (unpaired) electrons. The molecule has 10 rings (SSSR count). The number of fused-ring (bicyclic) bond motifs is 7. The van der Waals surface area contributed by atoms with E-state index in [-0.39, 0.29) is 0 Å². The van der Waals surface area contributed by atoms with Crippen molar-refractivity contribution in [1.82, 2.24) is 19.1 Å². The minimum atomic E-state index is 0.469. The summed E-state index contributed by atoms with van der Waals surface area (Å²) in [6, 6.07) is 61.9. The Kier molecular flexibility index (Phi) is 7.15. The van der Waals surface area contributed by atoms with Crippen LogP contribution in [0.25, 0.3) is 88.9 Å². The highest BCUT2D eigenvalue weighted by Crippen LogP contribution is 2.43. The maximum absolute atomic E-state index is 9.98. The summed E-state index contributed by atoms with van der Waals surface area (Å²) in [7, 11) is 0. The fraction of sp³-hybridized carbons (Fsp3) is 0. The van der Waals surface area contributed by atoms with Gasteiger partial charge in [0.1, 0.15) is 0 Å². The average Bonchev–Trinajstić information content (AvgIpc) is 3.77. The Bertz CT molecular complexity index is 3090. The summed E-state index contributed by atoms with van der Waals surface area (Å²) in [5.41, 5.74) is 11.2. The molecule has 54 heavy (non-hydrogen) atoms. The molecule has 6 heteroatoms. The second-order valence-electron chi connectivity index (χ2n) is 13.2. The summed E-state index contributed by atoms with van der Waals surface area (Å²) < 4.78 is 4.47. The van der Waals surface area contributed by atoms with Crippen LogP contribution in [0.3, 0.4) is 0 Å². The first-order chi connectivity index (χ1) is 26.7. The van der Waals surface area contributed by atoms with Gasteiger partial charge in [0.25, 0.3) is 0 Å². The van der Waals surface area contributed by atoms with E-state index in [0.29, 0.717) is 22.6 Å². The molecular formula is C48H28N6. The summed E-state index contributed by atoms with van der Waals surface area (Å²) in [6.45, 7) is 0. The lowest BCUT2D eigenvalue weighted by Crippen LogP contribution is -2.04. The lowest BCUT2D eigenvalue weighted by atomic mass is 9.95. The fourth-order valence-electron chi connectivity index (χ4n) is 7.91. The molecule has 10 aromatic rings. The van der Waals surface area contributed by atoms with Crippen LogP contribution in [0.5, 0.6) is 0 Å². The van der Waals surface area contributed by atoms with Crippen molar-refractivity contribution >= 4 is 43.6 Å². The molecule has 0 aliphatic carbocycles. The quantitative estimate of drug-likeness (QED) is 0.180. The Hall–Kier alpha value is -7.80. The van der Waals surface area contributed by atoms with E-state index in [4.69, 9.17) is 9.97 Å². The molecule has 0 spiro atoms. The molecule has 0 aliphatic heterocycles. The van der Waals surface area contributed by atoms with E-state index in [1.165, 1.54) is 0 Å². The minimum absolute atomic E-state index is 0.469. The van der Waals surface area contributed by atoms with Crippen LogP contribution >= 0.6 is 0 Å². The molecule has 3 aromatic heterocycles. The Labute approximate surface area is 310 Å². The van der Waals surface area contributed by atoms with E-state index < -0.39 is 0 Å². The predicted octanol–water partition coefficient (Wildman–Crippen LogP) is 11.4. The average molecular weight is 689 g/mol. The molecular weight excluding hydrogens is 661 g/mol. The zero-order valence-electron chi connectivity index (χ0n) is 28.8. The maximum Gasteiger partial charge on any atom is 0.235 e. The first-order valence-corrected chi connectivity index (χ1v) is 17.7. The Morgan fingerprint density at radius 2 is 0.889 bits per heavy atom. The molecule has 0 saturated heterocycles. The van der Waals surface area contributed by atoms with E-state index in [1.807, 2.05) is 48.5 Å². The van der Waals surface area contributed by atoms with Gasteiger partial charge in [-0.3, -0.25) is 4.57 Å². The zero-order chi connectivity index (χ0) is 36.2. The minimum Gasteiger partial charge on any atom is -0.309 e. The van der Waals surface area contributed by atoms with Crippen LogP contribution < -0.4 is 0 Å². The van der Waals surface area contributed by atoms with Crippen molar-refractivity contribution in [3.8, 4) is 57.4 Å². The third kappa shape index (κ3) is 4.79. The molecule has 7 aromatic carbocycles. The lowest BCUT2D eigenvalue weighted by Gasteiger charge is -2.13. The van der Waals surface area contributed by atoms with E-state index in [9.17, 15) is 10.5 Å². The molecule has 0 unspecified atom stereocenters. The van der Waals surface area contributed by atoms with Crippen molar-refractivity contribution in [2.24, 2.45) is 0 Å². The largest absolute Gasteiger partial charge is 0.309 e. The van der Waals surface area contributed by atoms with Gasteiger partial charge >= 0.3 is 0 Å². The van der Waals surface area contributed by atoms with Crippen molar-refractivity contribution in [3.63, 3.8) is 0 Å². The van der Waals surface area contributed by atoms with Gasteiger partial charge in [0.2, 0.25) is 5.95 Å². The number of benzene rings is 7. The normalized spacial score (nSPS) is 11.3. The summed E-state index contributed by atoms with van der Waals surface area (Å²) in [6.07, 6.45) is 0. The number of nitriles is 2. The first kappa shape index (κ1) is 31.0. The summed E-state index contributed by atoms with van der Waals surface area (Å²) in [5.74, 6) is 0.599. The predicted molar refractivity (Wildman–Crippen MR) is 216 cm³/mol. The van der Waals surface area contributed by atoms with E-state index in [0.717, 1.165) is 77.4 Å². The number of aromatic nitrogens is 4. The number of rotatable bonds is 5. The number of para-hydroxylation sites is 2. The molecule has 0 saturated carbocycles. The summed E-state index contributed by atoms with van der Waals surface area (Å²) in [5, 5.41) is 24.4. The van der Waals surface area contributed by atoms with Crippen LogP contribution in [0.1, 0.15) is 11.1 Å². The molecule has 3 heterocycles. The Morgan fingerprint density at radius 1 is 0.407 bits per heavy atom. The van der Waals surface area contributed by atoms with E-state index >= 15 is 0 Å². The SMILES string of the molecule is N#Cc1cccc(C#N)c1-c1cccc(-n2c3ccccc3c3c4c5ccccc5n(-c5nc(-c6ccccc6)cc(-c6ccccc6)n5)c4ccc32)c1. The second kappa shape index (κ2) is 12.5. The Morgan fingerprint density at radius 3 is 1.46 bits per heavy atom. The third-order valence-electron chi connectivity index (χ3n) is 10.2. The van der Waals surface area contributed by atoms with Crippen molar-refractivity contribution in [1.29, 1.82) is 10.5 Å². The number of nitrogens with zero attached hydrogens (tertiary/aromatic N) is 6. The highest BCUT2D eigenvalue weighted by atomic mass is 15.2. The van der Waals surface area contributed by atoms with Crippen LogP contribution in [0, 0.1) is 22.7 Å². The highest BCUT2D eigenvalue weighted by molar-refractivity contribution is 6.28. The maximum atomic E-state index is 9.98. The molecule has 0 fully saturated rings. The standard InChI is InChI=1S/C48H28N6/c49-29-34-18-11-19-35(30-50)45(34)33-17-12-20-36(27-33)53-41-23-9-7-21-37(41)46-43(53)25-26-44-47(46)38-22-8-10-24-42(38)54(44)48-51-39(31-13-3-1-4-14-31)28-40(52-48)32-15-5-2-6-16-32/h1-28H.